The van der Waals surface area contributed by atoms with Gasteiger partial charge in [-0.05, 0) is 0 Å². The van der Waals surface area contributed by atoms with E-state index >= 15 is 0 Å². The smallest absolute Gasteiger partial charge is 0.121 e. The fourth-order valence-electron chi connectivity index (χ4n) is 0.603. The first-order valence-corrected chi connectivity index (χ1v) is 3.99. The summed E-state index contributed by atoms with van der Waals surface area (Å²) in [7, 11) is 0. The van der Waals surface area contributed by atoms with Crippen LogP contribution in [0.3, 0.4) is 0 Å². The number of hydrogen-bond acceptors (Lipinski definition) is 3. The van der Waals surface area contributed by atoms with E-state index in [1.165, 1.54) is 11.9 Å². The Labute approximate surface area is 65.9 Å². The van der Waals surface area contributed by atoms with Crippen LogP contribution in [0.5, 0.6) is 0 Å². The molecule has 10 heavy (non-hydrogen) atoms. The molecule has 1 rings (SSSR count). The highest BCUT2D eigenvalue weighted by molar-refractivity contribution is 8.02. The Morgan fingerprint density at radius 3 is 2.30 bits per heavy atom. The van der Waals surface area contributed by atoms with E-state index in [4.69, 9.17) is 0 Å². The van der Waals surface area contributed by atoms with Gasteiger partial charge >= 0.3 is 0 Å². The predicted molar refractivity (Wildman–Crippen MR) is 46.8 cm³/mol. The molecule has 0 fully saturated rings. The van der Waals surface area contributed by atoms with Gasteiger partial charge in [0.2, 0.25) is 0 Å². The largest absolute Gasteiger partial charge is 0.336 e. The number of rotatable bonds is 0. The van der Waals surface area contributed by atoms with Gasteiger partial charge in [0.15, 0.2) is 0 Å². The minimum Gasteiger partial charge on any atom is -0.336 e. The first-order chi connectivity index (χ1) is 4.50. The van der Waals surface area contributed by atoms with Gasteiger partial charge in [-0.3, -0.25) is 0 Å². The lowest BCUT2D eigenvalue weighted by Crippen LogP contribution is -2.30. The van der Waals surface area contributed by atoms with Gasteiger partial charge in [-0.1, -0.05) is 27.4 Å². The molecule has 1 aliphatic rings. The van der Waals surface area contributed by atoms with Crippen molar-refractivity contribution in [2.45, 2.75) is 20.8 Å². The Morgan fingerprint density at radius 1 is 1.50 bits per heavy atom. The molecule has 0 saturated carbocycles. The van der Waals surface area contributed by atoms with Crippen LogP contribution in [0, 0.1) is 5.41 Å². The van der Waals surface area contributed by atoms with Crippen LogP contribution in [-0.4, -0.2) is 5.84 Å². The van der Waals surface area contributed by atoms with E-state index in [-0.39, 0.29) is 5.41 Å². The zero-order valence-electron chi connectivity index (χ0n) is 6.56. The van der Waals surface area contributed by atoms with Gasteiger partial charge in [-0.25, -0.2) is 0 Å². The van der Waals surface area contributed by atoms with Crippen molar-refractivity contribution in [3.8, 4) is 0 Å². The summed E-state index contributed by atoms with van der Waals surface area (Å²) in [6.45, 7) is 10.1. The maximum Gasteiger partial charge on any atom is 0.121 e. The Kier molecular flexibility index (Phi) is 1.77. The molecule has 0 aliphatic carbocycles. The highest BCUT2D eigenvalue weighted by Crippen LogP contribution is 2.26. The van der Waals surface area contributed by atoms with E-state index in [0.717, 1.165) is 10.9 Å². The summed E-state index contributed by atoms with van der Waals surface area (Å²) in [5.41, 5.74) is 0.117. The van der Waals surface area contributed by atoms with Gasteiger partial charge < -0.3 is 5.32 Å². The molecule has 0 spiro atoms. The third kappa shape index (κ3) is 1.53. The van der Waals surface area contributed by atoms with E-state index in [0.29, 0.717) is 0 Å². The average Bonchev–Trinajstić information content (AvgIpc) is 2.11. The number of nitrogens with zero attached hydrogens (tertiary/aromatic N) is 1. The summed E-state index contributed by atoms with van der Waals surface area (Å²) in [6.07, 6.45) is 0. The molecule has 2 nitrogen and oxygen atoms in total. The molecule has 0 aromatic rings. The number of nitrogens with one attached hydrogen (secondary N) is 1. The summed E-state index contributed by atoms with van der Waals surface area (Å²) < 4.78 is 4.21. The number of amidine groups is 1. The van der Waals surface area contributed by atoms with Crippen molar-refractivity contribution in [3.05, 3.63) is 11.6 Å². The van der Waals surface area contributed by atoms with Gasteiger partial charge in [0.05, 0.1) is 5.03 Å². The molecule has 0 amide bonds. The second-order valence-electron chi connectivity index (χ2n) is 3.33. The summed E-state index contributed by atoms with van der Waals surface area (Å²) >= 11 is 1.41. The van der Waals surface area contributed by atoms with Crippen LogP contribution in [0.1, 0.15) is 20.8 Å². The van der Waals surface area contributed by atoms with E-state index in [1.807, 2.05) is 0 Å². The molecule has 0 bridgehead atoms. The summed E-state index contributed by atoms with van der Waals surface area (Å²) in [6, 6.07) is 0. The van der Waals surface area contributed by atoms with Crippen LogP contribution >= 0.6 is 11.9 Å². The van der Waals surface area contributed by atoms with Crippen molar-refractivity contribution < 1.29 is 0 Å². The lowest BCUT2D eigenvalue weighted by atomic mass is 9.95. The molecule has 1 aliphatic heterocycles. The van der Waals surface area contributed by atoms with E-state index in [2.05, 4.69) is 37.1 Å². The van der Waals surface area contributed by atoms with Crippen LogP contribution in [0.25, 0.3) is 0 Å². The van der Waals surface area contributed by atoms with Crippen molar-refractivity contribution in [2.24, 2.45) is 9.81 Å². The Balaban J connectivity index is 2.69. The molecule has 0 saturated heterocycles. The van der Waals surface area contributed by atoms with Crippen molar-refractivity contribution in [3.63, 3.8) is 0 Å². The SMILES string of the molecule is C=C1NC(C(C)(C)C)=NS1. The molecule has 0 radical (unpaired) electrons. The average molecular weight is 156 g/mol. The van der Waals surface area contributed by atoms with Crippen LogP contribution in [0.4, 0.5) is 0 Å². The second-order valence-corrected chi connectivity index (χ2v) is 4.19. The van der Waals surface area contributed by atoms with Gasteiger partial charge in [-0.15, -0.1) is 0 Å². The van der Waals surface area contributed by atoms with E-state index in [1.54, 1.807) is 0 Å². The molecule has 0 atom stereocenters. The first kappa shape index (κ1) is 7.66. The predicted octanol–water partition coefficient (Wildman–Crippen LogP) is 2.15. The molecule has 1 heterocycles. The fraction of sp³-hybridized carbons (Fsp3) is 0.571. The third-order valence-corrected chi connectivity index (χ3v) is 1.81. The third-order valence-electron chi connectivity index (χ3n) is 1.22. The van der Waals surface area contributed by atoms with Crippen LogP contribution in [0.2, 0.25) is 0 Å². The molecule has 0 unspecified atom stereocenters. The zero-order chi connectivity index (χ0) is 7.78. The minimum absolute atomic E-state index is 0.117. The maximum atomic E-state index is 4.21. The monoisotopic (exact) mass is 156 g/mol. The van der Waals surface area contributed by atoms with Crippen molar-refractivity contribution in [1.82, 2.24) is 5.32 Å². The number of hydrogen-bond donors (Lipinski definition) is 1. The standard InChI is InChI=1S/C7H12N2S/c1-5-8-6(9-10-5)7(2,3)4/h1H2,2-4H3,(H,8,9). The molecule has 0 aromatic heterocycles. The van der Waals surface area contributed by atoms with Crippen LogP contribution in [0.15, 0.2) is 16.0 Å². The molecular formula is C7H12N2S. The van der Waals surface area contributed by atoms with Crippen molar-refractivity contribution in [2.75, 3.05) is 0 Å². The second kappa shape index (κ2) is 2.31. The molecule has 56 valence electrons. The van der Waals surface area contributed by atoms with E-state index < -0.39 is 0 Å². The van der Waals surface area contributed by atoms with Gasteiger partial charge in [0, 0.05) is 17.4 Å². The zero-order valence-corrected chi connectivity index (χ0v) is 7.38. The first-order valence-electron chi connectivity index (χ1n) is 3.21. The van der Waals surface area contributed by atoms with Crippen molar-refractivity contribution >= 4 is 17.8 Å². The summed E-state index contributed by atoms with van der Waals surface area (Å²) in [4.78, 5) is 0. The topological polar surface area (TPSA) is 24.4 Å². The fourth-order valence-corrected chi connectivity index (χ4v) is 1.27. The summed E-state index contributed by atoms with van der Waals surface area (Å²) in [5, 5.41) is 4.03. The van der Waals surface area contributed by atoms with Crippen molar-refractivity contribution in [1.29, 1.82) is 0 Å². The van der Waals surface area contributed by atoms with Gasteiger partial charge in [0.25, 0.3) is 0 Å². The molecule has 1 N–H and O–H groups in total. The quantitative estimate of drug-likeness (QED) is 0.543. The normalized spacial score (nSPS) is 18.7. The lowest BCUT2D eigenvalue weighted by molar-refractivity contribution is 0.578. The summed E-state index contributed by atoms with van der Waals surface area (Å²) in [5.74, 6) is 1.02. The maximum absolute atomic E-state index is 4.21. The Bertz CT molecular complexity index is 188. The minimum atomic E-state index is 0.117. The molecule has 0 aromatic carbocycles. The van der Waals surface area contributed by atoms with E-state index in [9.17, 15) is 0 Å². The molecular weight excluding hydrogens is 144 g/mol. The highest BCUT2D eigenvalue weighted by atomic mass is 32.2. The highest BCUT2D eigenvalue weighted by Gasteiger charge is 2.23. The van der Waals surface area contributed by atoms with Gasteiger partial charge in [-0.2, -0.15) is 4.40 Å². The van der Waals surface area contributed by atoms with Crippen LogP contribution < -0.4 is 5.32 Å². The van der Waals surface area contributed by atoms with Gasteiger partial charge in [0.1, 0.15) is 5.84 Å². The molecule has 3 heteroatoms. The Morgan fingerprint density at radius 2 is 2.10 bits per heavy atom. The Hall–Kier alpha value is -0.440. The van der Waals surface area contributed by atoms with Crippen LogP contribution in [-0.2, 0) is 0 Å². The lowest BCUT2D eigenvalue weighted by Gasteiger charge is -2.17.